The normalized spacial score (nSPS) is 9.75. The third kappa shape index (κ3) is 19.9. The second-order valence-corrected chi connectivity index (χ2v) is 4.90. The average Bonchev–Trinajstić information content (AvgIpc) is 2.34. The third-order valence-electron chi connectivity index (χ3n) is 2.81. The van der Waals surface area contributed by atoms with Gasteiger partial charge in [0.15, 0.2) is 0 Å². The van der Waals surface area contributed by atoms with Crippen molar-refractivity contribution >= 4 is 9.24 Å². The summed E-state index contributed by atoms with van der Waals surface area (Å²) in [7, 11) is 2.81. The van der Waals surface area contributed by atoms with Crippen LogP contribution < -0.4 is 0 Å². The van der Waals surface area contributed by atoms with E-state index >= 15 is 0 Å². The molecule has 0 aromatic heterocycles. The summed E-state index contributed by atoms with van der Waals surface area (Å²) in [4.78, 5) is 0. The van der Waals surface area contributed by atoms with Crippen molar-refractivity contribution in [2.45, 2.75) is 91.4 Å². The van der Waals surface area contributed by atoms with Crippen LogP contribution >= 0.6 is 9.24 Å². The predicted octanol–water partition coefficient (Wildman–Crippen LogP) is 6.20. The third-order valence-corrected chi connectivity index (χ3v) is 3.22. The summed E-state index contributed by atoms with van der Waals surface area (Å²) < 4.78 is 0. The van der Waals surface area contributed by atoms with Crippen LogP contribution in [0.5, 0.6) is 0 Å². The molecule has 1 unspecified atom stereocenters. The van der Waals surface area contributed by atoms with Crippen molar-refractivity contribution in [1.29, 1.82) is 0 Å². The van der Waals surface area contributed by atoms with Gasteiger partial charge in [-0.25, -0.2) is 0 Å². The van der Waals surface area contributed by atoms with E-state index < -0.39 is 0 Å². The van der Waals surface area contributed by atoms with Gasteiger partial charge in [0.25, 0.3) is 0 Å². The van der Waals surface area contributed by atoms with E-state index in [4.69, 9.17) is 0 Å². The SMILES string of the molecule is CC.CCCCCCCCCCCCCP. The molecule has 16 heavy (non-hydrogen) atoms. The second-order valence-electron chi connectivity index (χ2n) is 4.32. The predicted molar refractivity (Wildman–Crippen MR) is 82.4 cm³/mol. The molecule has 0 heterocycles. The van der Waals surface area contributed by atoms with E-state index in [1.54, 1.807) is 0 Å². The first kappa shape index (κ1) is 18.8. The Labute approximate surface area is 107 Å². The maximum absolute atomic E-state index is 2.81. The van der Waals surface area contributed by atoms with Crippen LogP contribution in [0.4, 0.5) is 0 Å². The minimum Gasteiger partial charge on any atom is -0.138 e. The van der Waals surface area contributed by atoms with E-state index in [0.717, 1.165) is 0 Å². The van der Waals surface area contributed by atoms with Gasteiger partial charge in [-0.3, -0.25) is 0 Å². The summed E-state index contributed by atoms with van der Waals surface area (Å²) in [5, 5.41) is 0. The molecule has 0 aliphatic heterocycles. The molecule has 100 valence electrons. The molecule has 0 spiro atoms. The van der Waals surface area contributed by atoms with Gasteiger partial charge >= 0.3 is 0 Å². The highest BCUT2D eigenvalue weighted by molar-refractivity contribution is 7.16. The Morgan fingerprint density at radius 2 is 0.875 bits per heavy atom. The standard InChI is InChI=1S/C13H29P.C2H6/c1-2-3-4-5-6-7-8-9-10-11-12-13-14;1-2/h2-14H2,1H3;1-2H3. The lowest BCUT2D eigenvalue weighted by Gasteiger charge is -2.01. The summed E-state index contributed by atoms with van der Waals surface area (Å²) in [5.74, 6) is 0. The van der Waals surface area contributed by atoms with Crippen molar-refractivity contribution in [1.82, 2.24) is 0 Å². The first-order chi connectivity index (χ1) is 7.91. The molecule has 0 nitrogen and oxygen atoms in total. The Kier molecular flexibility index (Phi) is 24.4. The van der Waals surface area contributed by atoms with Crippen LogP contribution in [-0.4, -0.2) is 6.16 Å². The molecule has 1 heteroatoms. The molecule has 0 saturated carbocycles. The molecular formula is C15H35P. The van der Waals surface area contributed by atoms with Crippen LogP contribution in [0.25, 0.3) is 0 Å². The molecule has 0 saturated heterocycles. The van der Waals surface area contributed by atoms with Crippen molar-refractivity contribution in [2.24, 2.45) is 0 Å². The van der Waals surface area contributed by atoms with Crippen molar-refractivity contribution in [3.63, 3.8) is 0 Å². The summed E-state index contributed by atoms with van der Waals surface area (Å²) in [6.07, 6.45) is 17.2. The van der Waals surface area contributed by atoms with Gasteiger partial charge in [-0.15, -0.1) is 9.24 Å². The highest BCUT2D eigenvalue weighted by Crippen LogP contribution is 2.11. The number of unbranched alkanes of at least 4 members (excludes halogenated alkanes) is 10. The van der Waals surface area contributed by atoms with Crippen LogP contribution in [0.1, 0.15) is 91.4 Å². The Morgan fingerprint density at radius 3 is 1.19 bits per heavy atom. The second kappa shape index (κ2) is 20.8. The zero-order chi connectivity index (χ0) is 12.5. The zero-order valence-corrected chi connectivity index (χ0v) is 13.2. The van der Waals surface area contributed by atoms with Gasteiger partial charge < -0.3 is 0 Å². The van der Waals surface area contributed by atoms with Crippen molar-refractivity contribution in [2.75, 3.05) is 6.16 Å². The van der Waals surface area contributed by atoms with E-state index in [0.29, 0.717) is 0 Å². The molecule has 0 fully saturated rings. The fourth-order valence-corrected chi connectivity index (χ4v) is 2.10. The van der Waals surface area contributed by atoms with Crippen LogP contribution in [0.2, 0.25) is 0 Å². The Hall–Kier alpha value is 0.430. The molecule has 0 aliphatic rings. The lowest BCUT2D eigenvalue weighted by Crippen LogP contribution is -1.82. The molecule has 0 aromatic carbocycles. The first-order valence-corrected chi connectivity index (χ1v) is 8.43. The lowest BCUT2D eigenvalue weighted by molar-refractivity contribution is 0.555. The Morgan fingerprint density at radius 1 is 0.562 bits per heavy atom. The van der Waals surface area contributed by atoms with Gasteiger partial charge in [0.05, 0.1) is 0 Å². The molecule has 0 rings (SSSR count). The van der Waals surface area contributed by atoms with E-state index in [9.17, 15) is 0 Å². The van der Waals surface area contributed by atoms with E-state index in [1.165, 1.54) is 76.8 Å². The van der Waals surface area contributed by atoms with Crippen LogP contribution in [-0.2, 0) is 0 Å². The average molecular weight is 246 g/mol. The summed E-state index contributed by atoms with van der Waals surface area (Å²) in [5.41, 5.74) is 0. The van der Waals surface area contributed by atoms with Crippen molar-refractivity contribution in [3.8, 4) is 0 Å². The van der Waals surface area contributed by atoms with Crippen molar-refractivity contribution in [3.05, 3.63) is 0 Å². The van der Waals surface area contributed by atoms with Gasteiger partial charge in [-0.1, -0.05) is 85.0 Å². The maximum Gasteiger partial charge on any atom is -0.0381 e. The van der Waals surface area contributed by atoms with E-state index in [-0.39, 0.29) is 0 Å². The topological polar surface area (TPSA) is 0 Å². The van der Waals surface area contributed by atoms with Gasteiger partial charge in [-0.05, 0) is 12.6 Å². The van der Waals surface area contributed by atoms with Gasteiger partial charge in [-0.2, -0.15) is 0 Å². The molecule has 0 aromatic rings. The fraction of sp³-hybridized carbons (Fsp3) is 1.00. The maximum atomic E-state index is 2.81. The number of hydrogen-bond acceptors (Lipinski definition) is 0. The zero-order valence-electron chi connectivity index (χ0n) is 12.1. The molecule has 0 aliphatic carbocycles. The molecule has 0 radical (unpaired) electrons. The minimum absolute atomic E-state index is 1.29. The molecule has 0 bridgehead atoms. The van der Waals surface area contributed by atoms with Gasteiger partial charge in [0.2, 0.25) is 0 Å². The number of hydrogen-bond donors (Lipinski definition) is 0. The smallest absolute Gasteiger partial charge is 0.0381 e. The highest BCUT2D eigenvalue weighted by Gasteiger charge is 1.91. The first-order valence-electron chi connectivity index (χ1n) is 7.62. The molecular weight excluding hydrogens is 211 g/mol. The minimum atomic E-state index is 1.29. The highest BCUT2D eigenvalue weighted by atomic mass is 31.0. The molecule has 1 atom stereocenters. The monoisotopic (exact) mass is 246 g/mol. The van der Waals surface area contributed by atoms with Gasteiger partial charge in [0.1, 0.15) is 0 Å². The van der Waals surface area contributed by atoms with Crippen LogP contribution in [0.3, 0.4) is 0 Å². The van der Waals surface area contributed by atoms with Crippen LogP contribution in [0, 0.1) is 0 Å². The van der Waals surface area contributed by atoms with Gasteiger partial charge in [0, 0.05) is 0 Å². The van der Waals surface area contributed by atoms with Crippen molar-refractivity contribution < 1.29 is 0 Å². The lowest BCUT2D eigenvalue weighted by atomic mass is 10.1. The molecule has 0 N–H and O–H groups in total. The van der Waals surface area contributed by atoms with E-state index in [1.807, 2.05) is 13.8 Å². The van der Waals surface area contributed by atoms with Crippen LogP contribution in [0.15, 0.2) is 0 Å². The Bertz CT molecular complexity index is 79.4. The number of rotatable bonds is 11. The Balaban J connectivity index is 0. The summed E-state index contributed by atoms with van der Waals surface area (Å²) in [6.45, 7) is 6.28. The quantitative estimate of drug-likeness (QED) is 0.301. The largest absolute Gasteiger partial charge is 0.138 e. The fourth-order valence-electron chi connectivity index (χ4n) is 1.81. The molecule has 0 amide bonds. The summed E-state index contributed by atoms with van der Waals surface area (Å²) >= 11 is 0. The van der Waals surface area contributed by atoms with E-state index in [2.05, 4.69) is 16.2 Å². The summed E-state index contributed by atoms with van der Waals surface area (Å²) in [6, 6.07) is 0.